The van der Waals surface area contributed by atoms with Crippen LogP contribution in [0.3, 0.4) is 0 Å². The second kappa shape index (κ2) is 12.4. The van der Waals surface area contributed by atoms with Crippen LogP contribution in [0.1, 0.15) is 46.5 Å². The van der Waals surface area contributed by atoms with Crippen LogP contribution in [0.5, 0.6) is 11.5 Å². The molecule has 3 rings (SSSR count). The smallest absolute Gasteiger partial charge is 0.287 e. The second-order valence-corrected chi connectivity index (χ2v) is 8.44. The maximum atomic E-state index is 13.0. The van der Waals surface area contributed by atoms with Gasteiger partial charge < -0.3 is 20.4 Å². The number of hydrogen-bond donors (Lipinski definition) is 4. The number of anilines is 1. The molecule has 192 valence electrons. The van der Waals surface area contributed by atoms with Crippen molar-refractivity contribution in [2.75, 3.05) is 18.0 Å². The van der Waals surface area contributed by atoms with Crippen LogP contribution in [-0.2, 0) is 4.79 Å². The SMILES string of the molecule is CCN(CC)c1ccc(/C=C(/NC(=O)c2ccccc2)C(=O)N/N=C\c2c(C)cc(O)c(C)c2O)cc1. The average Bonchev–Trinajstić information content (AvgIpc) is 2.91. The standard InChI is InChI=1S/C29H32N4O4/c1-5-33(6-2)23-14-12-21(13-15-23)17-25(31-28(36)22-10-8-7-9-11-22)29(37)32-30-18-24-19(3)16-26(34)20(4)27(24)35/h7-18,34-35H,5-6H2,1-4H3,(H,31,36)(H,32,37)/b25-17+,30-18-. The number of nitrogens with one attached hydrogen (secondary N) is 2. The minimum absolute atomic E-state index is 0.00410. The first kappa shape index (κ1) is 27.0. The Hall–Kier alpha value is -4.59. The largest absolute Gasteiger partial charge is 0.508 e. The Morgan fingerprint density at radius 3 is 2.24 bits per heavy atom. The lowest BCUT2D eigenvalue weighted by Crippen LogP contribution is -2.32. The van der Waals surface area contributed by atoms with E-state index in [9.17, 15) is 19.8 Å². The van der Waals surface area contributed by atoms with Gasteiger partial charge in [-0.25, -0.2) is 5.43 Å². The lowest BCUT2D eigenvalue weighted by molar-refractivity contribution is -0.117. The lowest BCUT2D eigenvalue weighted by atomic mass is 10.0. The van der Waals surface area contributed by atoms with Crippen LogP contribution in [0.25, 0.3) is 6.08 Å². The van der Waals surface area contributed by atoms with Crippen LogP contribution in [0.4, 0.5) is 5.69 Å². The van der Waals surface area contributed by atoms with Crippen molar-refractivity contribution in [2.45, 2.75) is 27.7 Å². The lowest BCUT2D eigenvalue weighted by Gasteiger charge is -2.21. The number of phenolic OH excluding ortho intramolecular Hbond substituents is 2. The molecule has 3 aromatic rings. The summed E-state index contributed by atoms with van der Waals surface area (Å²) in [4.78, 5) is 28.0. The van der Waals surface area contributed by atoms with Crippen molar-refractivity contribution >= 4 is 29.8 Å². The Balaban J connectivity index is 1.87. The third-order valence-electron chi connectivity index (χ3n) is 5.99. The number of rotatable bonds is 9. The van der Waals surface area contributed by atoms with E-state index in [4.69, 9.17) is 0 Å². The highest BCUT2D eigenvalue weighted by atomic mass is 16.3. The normalized spacial score (nSPS) is 11.4. The minimum Gasteiger partial charge on any atom is -0.508 e. The molecule has 8 heteroatoms. The van der Waals surface area contributed by atoms with E-state index in [0.717, 1.165) is 24.3 Å². The third kappa shape index (κ3) is 6.76. The zero-order valence-corrected chi connectivity index (χ0v) is 21.4. The van der Waals surface area contributed by atoms with Gasteiger partial charge in [0.15, 0.2) is 0 Å². The first-order valence-corrected chi connectivity index (χ1v) is 12.0. The summed E-state index contributed by atoms with van der Waals surface area (Å²) in [5, 5.41) is 26.8. The first-order valence-electron chi connectivity index (χ1n) is 12.0. The summed E-state index contributed by atoms with van der Waals surface area (Å²) in [6.45, 7) is 9.20. The number of hydrazone groups is 1. The molecule has 0 radical (unpaired) electrons. The number of carbonyl (C=O) groups is 2. The fraction of sp³-hybridized carbons (Fsp3) is 0.207. The van der Waals surface area contributed by atoms with Crippen LogP contribution in [-0.4, -0.2) is 41.3 Å². The predicted octanol–water partition coefficient (Wildman–Crippen LogP) is 4.48. The van der Waals surface area contributed by atoms with Crippen LogP contribution in [0, 0.1) is 13.8 Å². The Labute approximate surface area is 217 Å². The molecule has 0 spiro atoms. The summed E-state index contributed by atoms with van der Waals surface area (Å²) in [6, 6.07) is 17.8. The van der Waals surface area contributed by atoms with E-state index in [1.54, 1.807) is 50.3 Å². The molecule has 0 bridgehead atoms. The van der Waals surface area contributed by atoms with E-state index in [0.29, 0.717) is 22.3 Å². The summed E-state index contributed by atoms with van der Waals surface area (Å²) in [5.74, 6) is -1.23. The number of nitrogens with zero attached hydrogens (tertiary/aromatic N) is 2. The summed E-state index contributed by atoms with van der Waals surface area (Å²) in [7, 11) is 0. The molecule has 0 aliphatic carbocycles. The molecule has 0 saturated heterocycles. The van der Waals surface area contributed by atoms with Gasteiger partial charge in [0, 0.05) is 35.5 Å². The van der Waals surface area contributed by atoms with Gasteiger partial charge in [0.1, 0.15) is 17.2 Å². The quantitative estimate of drug-likeness (QED) is 0.196. The molecule has 0 heterocycles. The van der Waals surface area contributed by atoms with Gasteiger partial charge in [0.05, 0.1) is 6.21 Å². The molecule has 3 aromatic carbocycles. The van der Waals surface area contributed by atoms with Gasteiger partial charge in [-0.3, -0.25) is 9.59 Å². The van der Waals surface area contributed by atoms with Crippen LogP contribution in [0.15, 0.2) is 71.5 Å². The van der Waals surface area contributed by atoms with E-state index >= 15 is 0 Å². The first-order chi connectivity index (χ1) is 17.7. The maximum Gasteiger partial charge on any atom is 0.287 e. The van der Waals surface area contributed by atoms with Crippen molar-refractivity contribution in [3.05, 3.63) is 94.2 Å². The minimum atomic E-state index is -0.638. The Morgan fingerprint density at radius 1 is 0.973 bits per heavy atom. The molecule has 2 amide bonds. The van der Waals surface area contributed by atoms with Gasteiger partial charge in [0.2, 0.25) is 0 Å². The van der Waals surface area contributed by atoms with Crippen molar-refractivity contribution in [1.29, 1.82) is 0 Å². The fourth-order valence-corrected chi connectivity index (χ4v) is 3.76. The van der Waals surface area contributed by atoms with Gasteiger partial charge in [-0.05, 0) is 75.2 Å². The van der Waals surface area contributed by atoms with E-state index < -0.39 is 11.8 Å². The molecule has 4 N–H and O–H groups in total. The highest BCUT2D eigenvalue weighted by molar-refractivity contribution is 6.05. The number of benzene rings is 3. The number of amides is 2. The van der Waals surface area contributed by atoms with E-state index in [1.807, 2.05) is 24.3 Å². The number of aromatic hydroxyl groups is 2. The second-order valence-electron chi connectivity index (χ2n) is 8.44. The summed E-state index contributed by atoms with van der Waals surface area (Å²) >= 11 is 0. The van der Waals surface area contributed by atoms with Crippen molar-refractivity contribution in [3.63, 3.8) is 0 Å². The van der Waals surface area contributed by atoms with Gasteiger partial charge in [-0.2, -0.15) is 5.10 Å². The molecule has 0 aromatic heterocycles. The zero-order valence-electron chi connectivity index (χ0n) is 21.4. The van der Waals surface area contributed by atoms with E-state index in [2.05, 4.69) is 34.6 Å². The molecule has 0 fully saturated rings. The highest BCUT2D eigenvalue weighted by Gasteiger charge is 2.15. The van der Waals surface area contributed by atoms with Crippen molar-refractivity contribution < 1.29 is 19.8 Å². The molecule has 37 heavy (non-hydrogen) atoms. The number of phenols is 2. The molecular weight excluding hydrogens is 468 g/mol. The molecular formula is C29H32N4O4. The van der Waals surface area contributed by atoms with Gasteiger partial charge in [-0.15, -0.1) is 0 Å². The number of aryl methyl sites for hydroxylation is 1. The van der Waals surface area contributed by atoms with Gasteiger partial charge >= 0.3 is 0 Å². The van der Waals surface area contributed by atoms with Crippen molar-refractivity contribution in [2.24, 2.45) is 5.10 Å². The molecule has 0 saturated carbocycles. The Kier molecular flexibility index (Phi) is 9.05. The molecule has 0 aliphatic heterocycles. The monoisotopic (exact) mass is 500 g/mol. The van der Waals surface area contributed by atoms with E-state index in [-0.39, 0.29) is 17.2 Å². The summed E-state index contributed by atoms with van der Waals surface area (Å²) < 4.78 is 0. The molecule has 0 aliphatic rings. The molecule has 8 nitrogen and oxygen atoms in total. The zero-order chi connectivity index (χ0) is 26.9. The average molecular weight is 501 g/mol. The Morgan fingerprint density at radius 2 is 1.62 bits per heavy atom. The molecule has 0 unspecified atom stereocenters. The van der Waals surface area contributed by atoms with Crippen molar-refractivity contribution in [3.8, 4) is 11.5 Å². The topological polar surface area (TPSA) is 114 Å². The van der Waals surface area contributed by atoms with Crippen LogP contribution in [0.2, 0.25) is 0 Å². The fourth-order valence-electron chi connectivity index (χ4n) is 3.76. The predicted molar refractivity (Wildman–Crippen MR) is 147 cm³/mol. The highest BCUT2D eigenvalue weighted by Crippen LogP contribution is 2.31. The van der Waals surface area contributed by atoms with Crippen LogP contribution < -0.4 is 15.6 Å². The van der Waals surface area contributed by atoms with Crippen LogP contribution >= 0.6 is 0 Å². The molecule has 0 atom stereocenters. The summed E-state index contributed by atoms with van der Waals surface area (Å²) in [5.41, 5.74) is 5.86. The third-order valence-corrected chi connectivity index (χ3v) is 5.99. The van der Waals surface area contributed by atoms with Crippen molar-refractivity contribution in [1.82, 2.24) is 10.7 Å². The van der Waals surface area contributed by atoms with E-state index in [1.165, 1.54) is 12.3 Å². The van der Waals surface area contributed by atoms with Gasteiger partial charge in [-0.1, -0.05) is 30.3 Å². The van der Waals surface area contributed by atoms with Gasteiger partial charge in [0.25, 0.3) is 11.8 Å². The summed E-state index contributed by atoms with van der Waals surface area (Å²) in [6.07, 6.45) is 2.87. The number of carbonyl (C=O) groups excluding carboxylic acids is 2. The maximum absolute atomic E-state index is 13.0. The Bertz CT molecular complexity index is 1310. The number of hydrogen-bond acceptors (Lipinski definition) is 6.